The van der Waals surface area contributed by atoms with Crippen LogP contribution in [0.25, 0.3) is 0 Å². The average Bonchev–Trinajstić information content (AvgIpc) is 2.49. The van der Waals surface area contributed by atoms with Gasteiger partial charge in [0.05, 0.1) is 0 Å². The molecule has 2 rings (SSSR count). The van der Waals surface area contributed by atoms with Crippen LogP contribution in [0.15, 0.2) is 53.4 Å². The van der Waals surface area contributed by atoms with Crippen LogP contribution in [0.3, 0.4) is 0 Å². The number of carbonyl (C=O) groups excluding carboxylic acids is 2. The van der Waals surface area contributed by atoms with Crippen LogP contribution in [0.2, 0.25) is 0 Å². The van der Waals surface area contributed by atoms with Gasteiger partial charge in [-0.15, -0.1) is 11.8 Å². The zero-order valence-corrected chi connectivity index (χ0v) is 13.2. The van der Waals surface area contributed by atoms with Gasteiger partial charge in [0, 0.05) is 28.9 Å². The molecule has 0 saturated heterocycles. The van der Waals surface area contributed by atoms with Gasteiger partial charge in [0.2, 0.25) is 5.91 Å². The van der Waals surface area contributed by atoms with Crippen LogP contribution in [0, 0.1) is 0 Å². The standard InChI is InChI=1S/C16H17N3O2S/c1-11(20)17-12-3-5-13(6-4-12)18-16(21)19-14-7-9-15(22-2)10-8-14/h3-10H,1-2H3,(H,17,20)(H2,18,19,21). The molecule has 0 aromatic heterocycles. The number of carbonyl (C=O) groups is 2. The van der Waals surface area contributed by atoms with Crippen molar-refractivity contribution in [1.82, 2.24) is 0 Å². The number of hydrogen-bond acceptors (Lipinski definition) is 3. The van der Waals surface area contributed by atoms with Crippen molar-refractivity contribution in [2.75, 3.05) is 22.2 Å². The van der Waals surface area contributed by atoms with Crippen molar-refractivity contribution in [2.24, 2.45) is 0 Å². The molecule has 5 nitrogen and oxygen atoms in total. The number of amides is 3. The second-order valence-electron chi connectivity index (χ2n) is 4.57. The predicted molar refractivity (Wildman–Crippen MR) is 91.6 cm³/mol. The zero-order valence-electron chi connectivity index (χ0n) is 12.3. The molecular weight excluding hydrogens is 298 g/mol. The van der Waals surface area contributed by atoms with Crippen LogP contribution in [-0.4, -0.2) is 18.2 Å². The van der Waals surface area contributed by atoms with E-state index in [9.17, 15) is 9.59 Å². The fraction of sp³-hybridized carbons (Fsp3) is 0.125. The van der Waals surface area contributed by atoms with Crippen molar-refractivity contribution in [1.29, 1.82) is 0 Å². The maximum atomic E-state index is 11.9. The molecule has 0 aliphatic rings. The van der Waals surface area contributed by atoms with E-state index in [1.165, 1.54) is 6.92 Å². The molecule has 3 amide bonds. The maximum Gasteiger partial charge on any atom is 0.323 e. The van der Waals surface area contributed by atoms with E-state index in [1.54, 1.807) is 36.0 Å². The Kier molecular flexibility index (Phi) is 5.43. The summed E-state index contributed by atoms with van der Waals surface area (Å²) in [7, 11) is 0. The molecule has 0 aliphatic carbocycles. The van der Waals surface area contributed by atoms with Gasteiger partial charge in [0.25, 0.3) is 0 Å². The Labute approximate surface area is 133 Å². The van der Waals surface area contributed by atoms with E-state index in [2.05, 4.69) is 16.0 Å². The maximum absolute atomic E-state index is 11.9. The summed E-state index contributed by atoms with van der Waals surface area (Å²) in [5, 5.41) is 8.16. The number of benzene rings is 2. The van der Waals surface area contributed by atoms with Crippen molar-refractivity contribution in [3.8, 4) is 0 Å². The highest BCUT2D eigenvalue weighted by Gasteiger charge is 2.03. The lowest BCUT2D eigenvalue weighted by atomic mass is 10.3. The predicted octanol–water partition coefficient (Wildman–Crippen LogP) is 4.01. The lowest BCUT2D eigenvalue weighted by Gasteiger charge is -2.09. The fourth-order valence-electron chi connectivity index (χ4n) is 1.81. The number of urea groups is 1. The van der Waals surface area contributed by atoms with Crippen LogP contribution < -0.4 is 16.0 Å². The number of nitrogens with one attached hydrogen (secondary N) is 3. The molecule has 2 aromatic carbocycles. The van der Waals surface area contributed by atoms with Crippen LogP contribution in [-0.2, 0) is 4.79 Å². The third-order valence-electron chi connectivity index (χ3n) is 2.81. The van der Waals surface area contributed by atoms with Gasteiger partial charge in [0.1, 0.15) is 0 Å². The molecule has 2 aromatic rings. The summed E-state index contributed by atoms with van der Waals surface area (Å²) in [6, 6.07) is 14.2. The first-order valence-corrected chi connectivity index (χ1v) is 7.89. The Morgan fingerprint density at radius 2 is 1.18 bits per heavy atom. The van der Waals surface area contributed by atoms with E-state index in [0.29, 0.717) is 11.4 Å². The summed E-state index contributed by atoms with van der Waals surface area (Å²) in [6.07, 6.45) is 2.00. The third kappa shape index (κ3) is 4.82. The summed E-state index contributed by atoms with van der Waals surface area (Å²) in [6.45, 7) is 1.45. The summed E-state index contributed by atoms with van der Waals surface area (Å²) in [5.74, 6) is -0.132. The second kappa shape index (κ2) is 7.51. The number of hydrogen-bond donors (Lipinski definition) is 3. The number of rotatable bonds is 4. The first-order chi connectivity index (χ1) is 10.6. The molecule has 0 fully saturated rings. The minimum atomic E-state index is -0.316. The van der Waals surface area contributed by atoms with E-state index in [-0.39, 0.29) is 11.9 Å². The van der Waals surface area contributed by atoms with Gasteiger partial charge in [-0.3, -0.25) is 4.79 Å². The lowest BCUT2D eigenvalue weighted by molar-refractivity contribution is -0.114. The van der Waals surface area contributed by atoms with Gasteiger partial charge < -0.3 is 16.0 Å². The summed E-state index contributed by atoms with van der Waals surface area (Å²) in [4.78, 5) is 24.0. The molecule has 0 atom stereocenters. The van der Waals surface area contributed by atoms with Gasteiger partial charge in [-0.25, -0.2) is 4.79 Å². The molecule has 6 heteroatoms. The third-order valence-corrected chi connectivity index (χ3v) is 3.55. The highest BCUT2D eigenvalue weighted by Crippen LogP contribution is 2.18. The quantitative estimate of drug-likeness (QED) is 0.747. The van der Waals surface area contributed by atoms with E-state index in [0.717, 1.165) is 10.6 Å². The van der Waals surface area contributed by atoms with Gasteiger partial charge in [-0.1, -0.05) is 0 Å². The molecule has 0 saturated carbocycles. The molecule has 114 valence electrons. The SMILES string of the molecule is CSc1ccc(NC(=O)Nc2ccc(NC(C)=O)cc2)cc1. The zero-order chi connectivity index (χ0) is 15.9. The summed E-state index contributed by atoms with van der Waals surface area (Å²) in [5.41, 5.74) is 2.06. The molecular formula is C16H17N3O2S. The Morgan fingerprint density at radius 3 is 1.59 bits per heavy atom. The van der Waals surface area contributed by atoms with Crippen molar-refractivity contribution < 1.29 is 9.59 Å². The topological polar surface area (TPSA) is 70.2 Å². The van der Waals surface area contributed by atoms with Crippen LogP contribution in [0.1, 0.15) is 6.92 Å². The monoisotopic (exact) mass is 315 g/mol. The number of thioether (sulfide) groups is 1. The van der Waals surface area contributed by atoms with E-state index in [4.69, 9.17) is 0 Å². The van der Waals surface area contributed by atoms with Crippen LogP contribution in [0.5, 0.6) is 0 Å². The minimum absolute atomic E-state index is 0.132. The van der Waals surface area contributed by atoms with Crippen molar-refractivity contribution >= 4 is 40.8 Å². The molecule has 0 aliphatic heterocycles. The van der Waals surface area contributed by atoms with Gasteiger partial charge in [-0.2, -0.15) is 0 Å². The fourth-order valence-corrected chi connectivity index (χ4v) is 2.22. The van der Waals surface area contributed by atoms with E-state index in [1.807, 2.05) is 30.5 Å². The Balaban J connectivity index is 1.92. The lowest BCUT2D eigenvalue weighted by Crippen LogP contribution is -2.19. The van der Waals surface area contributed by atoms with Crippen LogP contribution >= 0.6 is 11.8 Å². The highest BCUT2D eigenvalue weighted by atomic mass is 32.2. The smallest absolute Gasteiger partial charge is 0.323 e. The van der Waals surface area contributed by atoms with Gasteiger partial charge in [-0.05, 0) is 54.8 Å². The molecule has 0 unspecified atom stereocenters. The second-order valence-corrected chi connectivity index (χ2v) is 5.45. The van der Waals surface area contributed by atoms with Gasteiger partial charge in [0.15, 0.2) is 0 Å². The van der Waals surface area contributed by atoms with E-state index >= 15 is 0 Å². The largest absolute Gasteiger partial charge is 0.326 e. The van der Waals surface area contributed by atoms with Crippen molar-refractivity contribution in [3.63, 3.8) is 0 Å². The summed E-state index contributed by atoms with van der Waals surface area (Å²) < 4.78 is 0. The first-order valence-electron chi connectivity index (χ1n) is 6.66. The van der Waals surface area contributed by atoms with Crippen molar-refractivity contribution in [3.05, 3.63) is 48.5 Å². The number of anilines is 3. The molecule has 22 heavy (non-hydrogen) atoms. The van der Waals surface area contributed by atoms with Crippen LogP contribution in [0.4, 0.5) is 21.9 Å². The molecule has 0 spiro atoms. The molecule has 0 radical (unpaired) electrons. The average molecular weight is 315 g/mol. The highest BCUT2D eigenvalue weighted by molar-refractivity contribution is 7.98. The molecule has 3 N–H and O–H groups in total. The Morgan fingerprint density at radius 1 is 0.773 bits per heavy atom. The normalized spacial score (nSPS) is 9.91. The molecule has 0 bridgehead atoms. The molecule has 0 heterocycles. The first kappa shape index (κ1) is 15.9. The summed E-state index contributed by atoms with van der Waals surface area (Å²) >= 11 is 1.65. The Bertz CT molecular complexity index is 654. The van der Waals surface area contributed by atoms with Gasteiger partial charge >= 0.3 is 6.03 Å². The minimum Gasteiger partial charge on any atom is -0.326 e. The Hall–Kier alpha value is -2.47. The van der Waals surface area contributed by atoms with E-state index < -0.39 is 0 Å². The van der Waals surface area contributed by atoms with Crippen molar-refractivity contribution in [2.45, 2.75) is 11.8 Å².